The lowest BCUT2D eigenvalue weighted by molar-refractivity contribution is -0.155. The largest absolute Gasteiger partial charge is 0.479 e. The van der Waals surface area contributed by atoms with Crippen LogP contribution in [0.2, 0.25) is 0 Å². The maximum absolute atomic E-state index is 11.3. The van der Waals surface area contributed by atoms with Crippen LogP contribution in [0.4, 0.5) is 4.79 Å². The van der Waals surface area contributed by atoms with Gasteiger partial charge >= 0.3 is 12.0 Å². The summed E-state index contributed by atoms with van der Waals surface area (Å²) in [4.78, 5) is 33.2. The average molecular weight is 289 g/mol. The molecule has 0 fully saturated rings. The Hall–Kier alpha value is -1.83. The number of amides is 3. The highest BCUT2D eigenvalue weighted by Gasteiger charge is 2.30. The van der Waals surface area contributed by atoms with E-state index in [0.717, 1.165) is 6.92 Å². The number of hydrogen-bond acceptors (Lipinski definition) is 4. The van der Waals surface area contributed by atoms with Gasteiger partial charge in [-0.15, -0.1) is 0 Å². The zero-order chi connectivity index (χ0) is 15.8. The minimum Gasteiger partial charge on any atom is -0.479 e. The van der Waals surface area contributed by atoms with Gasteiger partial charge in [0.05, 0.1) is 6.54 Å². The molecule has 0 saturated heterocycles. The van der Waals surface area contributed by atoms with Crippen LogP contribution in [-0.2, 0) is 9.59 Å². The number of hydrogen-bond donors (Lipinski definition) is 5. The van der Waals surface area contributed by atoms with Gasteiger partial charge in [-0.2, -0.15) is 0 Å². The minimum atomic E-state index is -2.02. The number of urea groups is 1. The van der Waals surface area contributed by atoms with E-state index < -0.39 is 24.1 Å². The second-order valence-electron chi connectivity index (χ2n) is 5.14. The fraction of sp³-hybridized carbons (Fsp3) is 0.750. The van der Waals surface area contributed by atoms with Crippen molar-refractivity contribution in [3.63, 3.8) is 0 Å². The van der Waals surface area contributed by atoms with Crippen molar-refractivity contribution in [2.24, 2.45) is 5.92 Å². The van der Waals surface area contributed by atoms with Crippen LogP contribution < -0.4 is 16.0 Å². The summed E-state index contributed by atoms with van der Waals surface area (Å²) in [5.41, 5.74) is -2.02. The number of carboxylic acid groups (broad SMARTS) is 1. The summed E-state index contributed by atoms with van der Waals surface area (Å²) in [6.45, 7) is 5.31. The van der Waals surface area contributed by atoms with Crippen molar-refractivity contribution in [2.45, 2.75) is 32.8 Å². The van der Waals surface area contributed by atoms with Crippen molar-refractivity contribution in [3.8, 4) is 0 Å². The SMILES string of the molecule is CC(C)CNC(=O)CCNC(=O)NCC(C)(O)C(=O)O. The maximum Gasteiger partial charge on any atom is 0.337 e. The number of aliphatic hydroxyl groups is 1. The van der Waals surface area contributed by atoms with Crippen LogP contribution in [0.5, 0.6) is 0 Å². The molecule has 0 aromatic rings. The van der Waals surface area contributed by atoms with Crippen molar-refractivity contribution in [1.29, 1.82) is 0 Å². The molecule has 0 spiro atoms. The van der Waals surface area contributed by atoms with E-state index in [0.29, 0.717) is 12.5 Å². The predicted octanol–water partition coefficient (Wildman–Crippen LogP) is -0.716. The van der Waals surface area contributed by atoms with Crippen LogP contribution in [0, 0.1) is 5.92 Å². The first kappa shape index (κ1) is 18.2. The molecule has 5 N–H and O–H groups in total. The molecule has 0 bridgehead atoms. The third-order valence-corrected chi connectivity index (χ3v) is 2.40. The molecule has 20 heavy (non-hydrogen) atoms. The molecule has 0 heterocycles. The van der Waals surface area contributed by atoms with E-state index in [9.17, 15) is 19.5 Å². The van der Waals surface area contributed by atoms with Gasteiger partial charge in [0.1, 0.15) is 0 Å². The topological polar surface area (TPSA) is 128 Å². The highest BCUT2D eigenvalue weighted by Crippen LogP contribution is 2.00. The van der Waals surface area contributed by atoms with Crippen LogP contribution >= 0.6 is 0 Å². The van der Waals surface area contributed by atoms with E-state index in [1.165, 1.54) is 0 Å². The lowest BCUT2D eigenvalue weighted by Crippen LogP contribution is -2.49. The molecule has 1 unspecified atom stereocenters. The van der Waals surface area contributed by atoms with E-state index in [1.807, 2.05) is 13.8 Å². The van der Waals surface area contributed by atoms with Gasteiger partial charge in [-0.05, 0) is 12.8 Å². The highest BCUT2D eigenvalue weighted by molar-refractivity contribution is 5.80. The summed E-state index contributed by atoms with van der Waals surface area (Å²) in [7, 11) is 0. The molecular formula is C12H23N3O5. The Bertz CT molecular complexity index is 355. The summed E-state index contributed by atoms with van der Waals surface area (Å²) in [6.07, 6.45) is 0.134. The Kier molecular flexibility index (Phi) is 7.60. The molecule has 0 aromatic carbocycles. The van der Waals surface area contributed by atoms with Gasteiger partial charge in [0.2, 0.25) is 5.91 Å². The lowest BCUT2D eigenvalue weighted by atomic mass is 10.1. The van der Waals surface area contributed by atoms with Crippen LogP contribution in [0.15, 0.2) is 0 Å². The van der Waals surface area contributed by atoms with Crippen molar-refractivity contribution >= 4 is 17.9 Å². The molecule has 116 valence electrons. The third-order valence-electron chi connectivity index (χ3n) is 2.40. The number of rotatable bonds is 8. The molecule has 0 saturated carbocycles. The van der Waals surface area contributed by atoms with Gasteiger partial charge in [-0.3, -0.25) is 4.79 Å². The maximum atomic E-state index is 11.3. The zero-order valence-electron chi connectivity index (χ0n) is 12.0. The van der Waals surface area contributed by atoms with Crippen molar-refractivity contribution in [1.82, 2.24) is 16.0 Å². The van der Waals surface area contributed by atoms with Crippen LogP contribution in [0.3, 0.4) is 0 Å². The van der Waals surface area contributed by atoms with Gasteiger partial charge in [-0.1, -0.05) is 13.8 Å². The molecule has 8 heteroatoms. The smallest absolute Gasteiger partial charge is 0.337 e. The van der Waals surface area contributed by atoms with E-state index in [4.69, 9.17) is 5.11 Å². The quantitative estimate of drug-likeness (QED) is 0.403. The molecule has 0 rings (SSSR count). The second-order valence-corrected chi connectivity index (χ2v) is 5.14. The fourth-order valence-electron chi connectivity index (χ4n) is 1.09. The number of carboxylic acids is 1. The summed E-state index contributed by atoms with van der Waals surface area (Å²) in [5, 5.41) is 25.3. The summed E-state index contributed by atoms with van der Waals surface area (Å²) >= 11 is 0. The molecule has 0 radical (unpaired) electrons. The molecule has 0 aliphatic heterocycles. The minimum absolute atomic E-state index is 0.130. The number of nitrogens with one attached hydrogen (secondary N) is 3. The molecule has 1 atom stereocenters. The average Bonchev–Trinajstić information content (AvgIpc) is 2.34. The second kappa shape index (κ2) is 8.36. The monoisotopic (exact) mass is 289 g/mol. The lowest BCUT2D eigenvalue weighted by Gasteiger charge is -2.18. The Labute approximate surface area is 117 Å². The van der Waals surface area contributed by atoms with Gasteiger partial charge in [-0.25, -0.2) is 9.59 Å². The Morgan fingerprint density at radius 1 is 1.15 bits per heavy atom. The highest BCUT2D eigenvalue weighted by atomic mass is 16.4. The van der Waals surface area contributed by atoms with Crippen molar-refractivity contribution < 1.29 is 24.6 Å². The molecule has 0 aliphatic carbocycles. The van der Waals surface area contributed by atoms with Gasteiger partial charge in [0.25, 0.3) is 0 Å². The molecule has 8 nitrogen and oxygen atoms in total. The van der Waals surface area contributed by atoms with E-state index in [2.05, 4.69) is 16.0 Å². The van der Waals surface area contributed by atoms with Crippen molar-refractivity contribution in [2.75, 3.05) is 19.6 Å². The van der Waals surface area contributed by atoms with Gasteiger partial charge in [0, 0.05) is 19.5 Å². The Balaban J connectivity index is 3.79. The zero-order valence-corrected chi connectivity index (χ0v) is 12.0. The first-order chi connectivity index (χ1) is 9.15. The predicted molar refractivity (Wildman–Crippen MR) is 72.1 cm³/mol. The van der Waals surface area contributed by atoms with Crippen LogP contribution in [0.1, 0.15) is 27.2 Å². The number of aliphatic carboxylic acids is 1. The molecule has 0 aromatic heterocycles. The number of carbonyl (C=O) groups excluding carboxylic acids is 2. The Morgan fingerprint density at radius 2 is 1.75 bits per heavy atom. The fourth-order valence-corrected chi connectivity index (χ4v) is 1.09. The summed E-state index contributed by atoms with van der Waals surface area (Å²) in [6, 6.07) is -0.636. The first-order valence-corrected chi connectivity index (χ1v) is 6.39. The van der Waals surface area contributed by atoms with Crippen LogP contribution in [-0.4, -0.2) is 53.4 Å². The molecule has 3 amide bonds. The number of carbonyl (C=O) groups is 3. The molecule has 0 aliphatic rings. The standard InChI is InChI=1S/C12H23N3O5/c1-8(2)6-14-9(16)4-5-13-11(19)15-7-12(3,20)10(17)18/h8,20H,4-7H2,1-3H3,(H,14,16)(H,17,18)(H2,13,15,19). The van der Waals surface area contributed by atoms with Crippen LogP contribution in [0.25, 0.3) is 0 Å². The van der Waals surface area contributed by atoms with E-state index in [-0.39, 0.29) is 18.9 Å². The van der Waals surface area contributed by atoms with E-state index in [1.54, 1.807) is 0 Å². The summed E-state index contributed by atoms with van der Waals surface area (Å²) < 4.78 is 0. The van der Waals surface area contributed by atoms with Crippen molar-refractivity contribution in [3.05, 3.63) is 0 Å². The van der Waals surface area contributed by atoms with Gasteiger partial charge < -0.3 is 26.2 Å². The first-order valence-electron chi connectivity index (χ1n) is 6.39. The molecular weight excluding hydrogens is 266 g/mol. The third kappa shape index (κ3) is 8.30. The summed E-state index contributed by atoms with van der Waals surface area (Å²) in [5.74, 6) is -1.24. The van der Waals surface area contributed by atoms with E-state index >= 15 is 0 Å². The normalized spacial score (nSPS) is 13.4. The Morgan fingerprint density at radius 3 is 2.25 bits per heavy atom. The van der Waals surface area contributed by atoms with Gasteiger partial charge in [0.15, 0.2) is 5.60 Å².